The van der Waals surface area contributed by atoms with Crippen molar-refractivity contribution in [2.45, 2.75) is 10.8 Å². The lowest BCUT2D eigenvalue weighted by molar-refractivity contribution is 0.727. The van der Waals surface area contributed by atoms with Gasteiger partial charge in [0, 0.05) is 26.8 Å². The Morgan fingerprint density at radius 3 is 0.400 bits per heavy atom. The molecule has 0 fully saturated rings. The van der Waals surface area contributed by atoms with Gasteiger partial charge in [-0.1, -0.05) is 193 Å². The van der Waals surface area contributed by atoms with Crippen LogP contribution >= 0.6 is 95.6 Å². The van der Waals surface area contributed by atoms with E-state index in [1.165, 1.54) is 44.5 Å². The highest BCUT2D eigenvalue weighted by Gasteiger charge is 2.41. The molecule has 0 radical (unpaired) electrons. The van der Waals surface area contributed by atoms with E-state index in [-0.39, 0.29) is 0 Å². The molecule has 0 saturated carbocycles. The molecule has 7 aromatic rings. The standard InChI is InChI=1S/C44H28Br6/c45-37-17-5-31(6-18-37)43(32-7-19-38(46)20-8-32,33-9-21-39(47)22-10-33)29-1-2-30(4-3-29)44(34-11-23-40(48)24-12-34,35-13-25-41(49)26-14-35)36-15-27-42(50)28-16-36/h1-28H. The van der Waals surface area contributed by atoms with Gasteiger partial charge in [0.15, 0.2) is 0 Å². The Balaban J connectivity index is 1.54. The van der Waals surface area contributed by atoms with Crippen molar-refractivity contribution in [3.8, 4) is 0 Å². The van der Waals surface area contributed by atoms with Gasteiger partial charge in [0.2, 0.25) is 0 Å². The van der Waals surface area contributed by atoms with E-state index in [1.54, 1.807) is 0 Å². The zero-order valence-corrected chi connectivity index (χ0v) is 35.9. The van der Waals surface area contributed by atoms with Gasteiger partial charge in [0.1, 0.15) is 0 Å². The maximum atomic E-state index is 3.69. The minimum atomic E-state index is -0.601. The van der Waals surface area contributed by atoms with Crippen molar-refractivity contribution in [2.24, 2.45) is 0 Å². The van der Waals surface area contributed by atoms with Crippen LogP contribution in [0.2, 0.25) is 0 Å². The summed E-state index contributed by atoms with van der Waals surface area (Å²) >= 11 is 22.1. The fourth-order valence-corrected chi connectivity index (χ4v) is 8.76. The Kier molecular flexibility index (Phi) is 10.9. The zero-order valence-electron chi connectivity index (χ0n) is 26.4. The Hall–Kier alpha value is -2.58. The number of hydrogen-bond donors (Lipinski definition) is 0. The second-order valence-corrected chi connectivity index (χ2v) is 17.6. The van der Waals surface area contributed by atoms with Crippen LogP contribution in [0.1, 0.15) is 44.5 Å². The second-order valence-electron chi connectivity index (χ2n) is 12.1. The SMILES string of the molecule is Brc1ccc(C(c2ccc(Br)cc2)(c2ccc(Br)cc2)c2ccc(C(c3ccc(Br)cc3)(c3ccc(Br)cc3)c3ccc(Br)cc3)cc2)cc1. The highest BCUT2D eigenvalue weighted by Crippen LogP contribution is 2.49. The van der Waals surface area contributed by atoms with Gasteiger partial charge in [-0.15, -0.1) is 0 Å². The molecule has 6 heteroatoms. The Bertz CT molecular complexity index is 1820. The van der Waals surface area contributed by atoms with E-state index in [1.807, 2.05) is 0 Å². The smallest absolute Gasteiger partial charge is 0.0571 e. The molecule has 50 heavy (non-hydrogen) atoms. The van der Waals surface area contributed by atoms with Crippen molar-refractivity contribution >= 4 is 95.6 Å². The molecule has 0 aliphatic rings. The van der Waals surface area contributed by atoms with Gasteiger partial charge in [-0.25, -0.2) is 0 Å². The normalized spacial score (nSPS) is 11.8. The van der Waals surface area contributed by atoms with Crippen molar-refractivity contribution < 1.29 is 0 Å². The summed E-state index contributed by atoms with van der Waals surface area (Å²) in [5.41, 5.74) is 8.21. The van der Waals surface area contributed by atoms with Crippen molar-refractivity contribution in [3.63, 3.8) is 0 Å². The van der Waals surface area contributed by atoms with Gasteiger partial charge in [0.05, 0.1) is 10.8 Å². The zero-order chi connectivity index (χ0) is 34.9. The van der Waals surface area contributed by atoms with Crippen molar-refractivity contribution in [2.75, 3.05) is 0 Å². The summed E-state index contributed by atoms with van der Waals surface area (Å²) in [4.78, 5) is 0. The second kappa shape index (κ2) is 15.2. The van der Waals surface area contributed by atoms with Gasteiger partial charge in [-0.3, -0.25) is 0 Å². The van der Waals surface area contributed by atoms with Gasteiger partial charge in [-0.05, 0) is 117 Å². The van der Waals surface area contributed by atoms with E-state index in [0.29, 0.717) is 0 Å². The molecule has 7 aromatic carbocycles. The summed E-state index contributed by atoms with van der Waals surface area (Å²) in [6.07, 6.45) is 0. The first-order chi connectivity index (χ1) is 24.2. The molecular formula is C44H28Br6. The summed E-state index contributed by atoms with van der Waals surface area (Å²) in [7, 11) is 0. The van der Waals surface area contributed by atoms with Crippen LogP contribution in [0.15, 0.2) is 197 Å². The minimum absolute atomic E-state index is 0.601. The third-order valence-corrected chi connectivity index (χ3v) is 12.6. The molecule has 0 bridgehead atoms. The van der Waals surface area contributed by atoms with Gasteiger partial charge < -0.3 is 0 Å². The maximum absolute atomic E-state index is 3.69. The molecule has 0 aliphatic carbocycles. The van der Waals surface area contributed by atoms with E-state index in [2.05, 4.69) is 265 Å². The summed E-state index contributed by atoms with van der Waals surface area (Å²) in [5.74, 6) is 0. The van der Waals surface area contributed by atoms with E-state index in [9.17, 15) is 0 Å². The number of benzene rings is 7. The van der Waals surface area contributed by atoms with Crippen LogP contribution in [0.4, 0.5) is 0 Å². The monoisotopic (exact) mass is 1030 g/mol. The van der Waals surface area contributed by atoms with Crippen LogP contribution in [0, 0.1) is 0 Å². The predicted molar refractivity (Wildman–Crippen MR) is 229 cm³/mol. The third-order valence-electron chi connectivity index (χ3n) is 9.41. The largest absolute Gasteiger partial charge is 0.0701 e. The van der Waals surface area contributed by atoms with E-state index in [0.717, 1.165) is 26.8 Å². The van der Waals surface area contributed by atoms with Crippen LogP contribution in [-0.2, 0) is 10.8 Å². The first-order valence-corrected chi connectivity index (χ1v) is 20.6. The van der Waals surface area contributed by atoms with Crippen LogP contribution in [0.3, 0.4) is 0 Å². The van der Waals surface area contributed by atoms with Crippen molar-refractivity contribution in [1.82, 2.24) is 0 Å². The van der Waals surface area contributed by atoms with Crippen LogP contribution in [0.25, 0.3) is 0 Å². The first kappa shape index (κ1) is 35.8. The van der Waals surface area contributed by atoms with Crippen LogP contribution in [-0.4, -0.2) is 0 Å². The highest BCUT2D eigenvalue weighted by molar-refractivity contribution is 9.11. The number of hydrogen-bond acceptors (Lipinski definition) is 0. The average Bonchev–Trinajstić information content (AvgIpc) is 3.13. The molecule has 0 spiro atoms. The van der Waals surface area contributed by atoms with Gasteiger partial charge in [0.25, 0.3) is 0 Å². The molecule has 246 valence electrons. The Morgan fingerprint density at radius 1 is 0.180 bits per heavy atom. The quantitative estimate of drug-likeness (QED) is 0.133. The van der Waals surface area contributed by atoms with Gasteiger partial charge >= 0.3 is 0 Å². The molecular weight excluding hydrogens is 1010 g/mol. The fourth-order valence-electron chi connectivity index (χ4n) is 7.17. The molecule has 0 nitrogen and oxygen atoms in total. The lowest BCUT2D eigenvalue weighted by Crippen LogP contribution is -2.33. The molecule has 0 saturated heterocycles. The highest BCUT2D eigenvalue weighted by atomic mass is 79.9. The number of halogens is 6. The Labute approximate surface area is 344 Å². The number of rotatable bonds is 8. The molecule has 0 N–H and O–H groups in total. The summed E-state index contributed by atoms with van der Waals surface area (Å²) < 4.78 is 6.25. The summed E-state index contributed by atoms with van der Waals surface area (Å²) in [5, 5.41) is 0. The minimum Gasteiger partial charge on any atom is -0.0571 e. The van der Waals surface area contributed by atoms with E-state index < -0.39 is 10.8 Å². The molecule has 0 aliphatic heterocycles. The molecule has 0 atom stereocenters. The molecule has 0 amide bonds. The maximum Gasteiger partial charge on any atom is 0.0701 e. The molecule has 0 unspecified atom stereocenters. The van der Waals surface area contributed by atoms with Crippen LogP contribution < -0.4 is 0 Å². The van der Waals surface area contributed by atoms with E-state index in [4.69, 9.17) is 0 Å². The lowest BCUT2D eigenvalue weighted by atomic mass is 9.63. The Morgan fingerprint density at radius 2 is 0.280 bits per heavy atom. The summed E-state index contributed by atoms with van der Waals surface area (Å²) in [6.45, 7) is 0. The molecule has 0 aromatic heterocycles. The lowest BCUT2D eigenvalue weighted by Gasteiger charge is -2.39. The van der Waals surface area contributed by atoms with Gasteiger partial charge in [-0.2, -0.15) is 0 Å². The average molecular weight is 1040 g/mol. The molecule has 7 rings (SSSR count). The molecule has 0 heterocycles. The first-order valence-electron chi connectivity index (χ1n) is 15.9. The predicted octanol–water partition coefficient (Wildman–Crippen LogP) is 15.0. The summed E-state index contributed by atoms with van der Waals surface area (Å²) in [6, 6.07) is 61.7. The van der Waals surface area contributed by atoms with E-state index >= 15 is 0 Å². The van der Waals surface area contributed by atoms with Crippen LogP contribution in [0.5, 0.6) is 0 Å². The topological polar surface area (TPSA) is 0 Å². The van der Waals surface area contributed by atoms with Crippen molar-refractivity contribution in [3.05, 3.63) is 241 Å². The van der Waals surface area contributed by atoms with Crippen molar-refractivity contribution in [1.29, 1.82) is 0 Å². The third kappa shape index (κ3) is 6.73. The fraction of sp³-hybridized carbons (Fsp3) is 0.0455.